The molecule has 0 unspecified atom stereocenters. The van der Waals surface area contributed by atoms with Crippen LogP contribution in [0.1, 0.15) is 10.4 Å². The van der Waals surface area contributed by atoms with Crippen molar-refractivity contribution in [3.63, 3.8) is 0 Å². The Morgan fingerprint density at radius 1 is 1.30 bits per heavy atom. The van der Waals surface area contributed by atoms with Crippen LogP contribution < -0.4 is 9.46 Å². The van der Waals surface area contributed by atoms with Crippen LogP contribution in [0.25, 0.3) is 0 Å². The number of hydrogen-bond acceptors (Lipinski definition) is 5. The Labute approximate surface area is 121 Å². The number of rotatable bonds is 4. The fourth-order valence-corrected chi connectivity index (χ4v) is 3.95. The van der Waals surface area contributed by atoms with Crippen molar-refractivity contribution >= 4 is 27.0 Å². The van der Waals surface area contributed by atoms with Gasteiger partial charge in [-0.25, -0.2) is 8.42 Å². The molecule has 1 N–H and O–H groups in total. The third-order valence-electron chi connectivity index (χ3n) is 2.56. The molecule has 0 spiro atoms. The molecule has 1 aromatic heterocycles. The molecule has 0 aliphatic carbocycles. The van der Waals surface area contributed by atoms with Crippen molar-refractivity contribution in [1.82, 2.24) is 0 Å². The maximum absolute atomic E-state index is 12.2. The summed E-state index contributed by atoms with van der Waals surface area (Å²) in [5.74, 6) is 0.306. The molecule has 1 aromatic carbocycles. The Kier molecular flexibility index (Phi) is 3.97. The molecule has 2 rings (SSSR count). The number of sulfonamides is 1. The minimum atomic E-state index is -3.64. The Balaban J connectivity index is 2.37. The summed E-state index contributed by atoms with van der Waals surface area (Å²) in [5.41, 5.74) is 0.703. The number of ether oxygens (including phenoxy) is 1. The highest BCUT2D eigenvalue weighted by atomic mass is 32.2. The zero-order chi connectivity index (χ0) is 14.8. The average molecular weight is 308 g/mol. The number of nitrogens with one attached hydrogen (secondary N) is 1. The van der Waals surface area contributed by atoms with E-state index in [1.165, 1.54) is 36.6 Å². The van der Waals surface area contributed by atoms with Crippen LogP contribution in [0.15, 0.2) is 34.5 Å². The first-order valence-electron chi connectivity index (χ1n) is 5.63. The monoisotopic (exact) mass is 308 g/mol. The summed E-state index contributed by atoms with van der Waals surface area (Å²) in [4.78, 5) is 0.914. The van der Waals surface area contributed by atoms with Gasteiger partial charge in [0.15, 0.2) is 0 Å². The van der Waals surface area contributed by atoms with Crippen molar-refractivity contribution in [3.05, 3.63) is 40.8 Å². The van der Waals surface area contributed by atoms with Gasteiger partial charge in [-0.2, -0.15) is 5.26 Å². The highest BCUT2D eigenvalue weighted by molar-refractivity contribution is 7.94. The molecule has 0 saturated carbocycles. The van der Waals surface area contributed by atoms with Crippen LogP contribution in [0.2, 0.25) is 0 Å². The second-order valence-corrected chi connectivity index (χ2v) is 7.19. The molecular formula is C13H12N2O3S2. The standard InChI is InChI=1S/C13H12N2O3S2/c1-9-3-6-13(19-9)20(16,17)15-11-5-4-10(8-14)7-12(11)18-2/h3-7,15H,1-2H3. The van der Waals surface area contributed by atoms with Crippen molar-refractivity contribution in [3.8, 4) is 11.8 Å². The fourth-order valence-electron chi connectivity index (χ4n) is 1.60. The Bertz CT molecular complexity index is 773. The lowest BCUT2D eigenvalue weighted by Gasteiger charge is -2.10. The molecule has 0 fully saturated rings. The van der Waals surface area contributed by atoms with Gasteiger partial charge < -0.3 is 4.74 Å². The van der Waals surface area contributed by atoms with Gasteiger partial charge in [0.05, 0.1) is 24.4 Å². The van der Waals surface area contributed by atoms with Gasteiger partial charge in [0, 0.05) is 10.9 Å². The number of methoxy groups -OCH3 is 1. The second-order valence-electron chi connectivity index (χ2n) is 4.00. The van der Waals surface area contributed by atoms with Crippen molar-refractivity contribution in [2.75, 3.05) is 11.8 Å². The van der Waals surface area contributed by atoms with E-state index < -0.39 is 10.0 Å². The summed E-state index contributed by atoms with van der Waals surface area (Å²) in [5, 5.41) is 8.82. The fraction of sp³-hybridized carbons (Fsp3) is 0.154. The first kappa shape index (κ1) is 14.4. The SMILES string of the molecule is COc1cc(C#N)ccc1NS(=O)(=O)c1ccc(C)s1. The third-order valence-corrected chi connectivity index (χ3v) is 5.41. The van der Waals surface area contributed by atoms with Gasteiger partial charge in [0.2, 0.25) is 0 Å². The molecule has 0 atom stereocenters. The van der Waals surface area contributed by atoms with Crippen LogP contribution in [-0.4, -0.2) is 15.5 Å². The number of nitrogens with zero attached hydrogens (tertiary/aromatic N) is 1. The molecule has 0 aliphatic heterocycles. The van der Waals surface area contributed by atoms with Gasteiger partial charge in [-0.3, -0.25) is 4.72 Å². The molecule has 0 aliphatic rings. The van der Waals surface area contributed by atoms with Crippen molar-refractivity contribution in [2.45, 2.75) is 11.1 Å². The Morgan fingerprint density at radius 3 is 2.60 bits per heavy atom. The van der Waals surface area contributed by atoms with Gasteiger partial charge in [0.1, 0.15) is 9.96 Å². The van der Waals surface area contributed by atoms with Gasteiger partial charge >= 0.3 is 0 Å². The van der Waals surface area contributed by atoms with E-state index in [0.29, 0.717) is 17.0 Å². The quantitative estimate of drug-likeness (QED) is 0.942. The lowest BCUT2D eigenvalue weighted by molar-refractivity contribution is 0.416. The van der Waals surface area contributed by atoms with Crippen molar-refractivity contribution in [1.29, 1.82) is 5.26 Å². The Morgan fingerprint density at radius 2 is 2.05 bits per heavy atom. The van der Waals surface area contributed by atoms with Gasteiger partial charge in [0.25, 0.3) is 10.0 Å². The van der Waals surface area contributed by atoms with Gasteiger partial charge in [-0.15, -0.1) is 11.3 Å². The van der Waals surface area contributed by atoms with E-state index in [4.69, 9.17) is 10.00 Å². The van der Waals surface area contributed by atoms with E-state index in [1.54, 1.807) is 12.1 Å². The predicted molar refractivity (Wildman–Crippen MR) is 77.6 cm³/mol. The second kappa shape index (κ2) is 5.53. The lowest BCUT2D eigenvalue weighted by atomic mass is 10.2. The average Bonchev–Trinajstić information content (AvgIpc) is 2.86. The van der Waals surface area contributed by atoms with E-state index in [2.05, 4.69) is 4.72 Å². The predicted octanol–water partition coefficient (Wildman–Crippen LogP) is 2.74. The van der Waals surface area contributed by atoms with Crippen LogP contribution in [0.4, 0.5) is 5.69 Å². The topological polar surface area (TPSA) is 79.2 Å². The van der Waals surface area contributed by atoms with E-state index in [1.807, 2.05) is 13.0 Å². The lowest BCUT2D eigenvalue weighted by Crippen LogP contribution is -2.12. The normalized spacial score (nSPS) is 10.8. The molecule has 5 nitrogen and oxygen atoms in total. The third kappa shape index (κ3) is 2.92. The molecule has 0 bridgehead atoms. The summed E-state index contributed by atoms with van der Waals surface area (Å²) >= 11 is 1.19. The smallest absolute Gasteiger partial charge is 0.271 e. The molecule has 104 valence electrons. The molecule has 7 heteroatoms. The molecule has 0 radical (unpaired) electrons. The minimum absolute atomic E-state index is 0.237. The summed E-state index contributed by atoms with van der Waals surface area (Å²) in [7, 11) is -2.22. The van der Waals surface area contributed by atoms with Crippen LogP contribution in [0.3, 0.4) is 0 Å². The van der Waals surface area contributed by atoms with Crippen molar-refractivity contribution < 1.29 is 13.2 Å². The first-order chi connectivity index (χ1) is 9.46. The summed E-state index contributed by atoms with van der Waals surface area (Å²) < 4.78 is 32.2. The minimum Gasteiger partial charge on any atom is -0.495 e. The first-order valence-corrected chi connectivity index (χ1v) is 7.93. The summed E-state index contributed by atoms with van der Waals surface area (Å²) in [6.45, 7) is 1.84. The molecule has 1 heterocycles. The van der Waals surface area contributed by atoms with Crippen LogP contribution >= 0.6 is 11.3 Å². The number of hydrogen-bond donors (Lipinski definition) is 1. The largest absolute Gasteiger partial charge is 0.495 e. The molecular weight excluding hydrogens is 296 g/mol. The number of thiophene rings is 1. The van der Waals surface area contributed by atoms with Gasteiger partial charge in [-0.1, -0.05) is 0 Å². The maximum Gasteiger partial charge on any atom is 0.271 e. The molecule has 20 heavy (non-hydrogen) atoms. The van der Waals surface area contributed by atoms with Crippen LogP contribution in [0.5, 0.6) is 5.75 Å². The summed E-state index contributed by atoms with van der Waals surface area (Å²) in [6, 6.07) is 9.79. The van der Waals surface area contributed by atoms with E-state index in [-0.39, 0.29) is 4.21 Å². The van der Waals surface area contributed by atoms with E-state index in [0.717, 1.165) is 4.88 Å². The summed E-state index contributed by atoms with van der Waals surface area (Å²) in [6.07, 6.45) is 0. The van der Waals surface area contributed by atoms with E-state index >= 15 is 0 Å². The van der Waals surface area contributed by atoms with Crippen LogP contribution in [0, 0.1) is 18.3 Å². The zero-order valence-corrected chi connectivity index (χ0v) is 12.5. The number of benzene rings is 1. The maximum atomic E-state index is 12.2. The highest BCUT2D eigenvalue weighted by Gasteiger charge is 2.18. The van der Waals surface area contributed by atoms with Gasteiger partial charge in [-0.05, 0) is 31.2 Å². The highest BCUT2D eigenvalue weighted by Crippen LogP contribution is 2.29. The number of anilines is 1. The Hall–Kier alpha value is -2.04. The van der Waals surface area contributed by atoms with Crippen LogP contribution in [-0.2, 0) is 10.0 Å². The molecule has 0 amide bonds. The van der Waals surface area contributed by atoms with E-state index in [9.17, 15) is 8.42 Å². The van der Waals surface area contributed by atoms with Crippen molar-refractivity contribution in [2.24, 2.45) is 0 Å². The number of nitriles is 1. The molecule has 2 aromatic rings. The number of aryl methyl sites for hydroxylation is 1. The zero-order valence-electron chi connectivity index (χ0n) is 10.9. The molecule has 0 saturated heterocycles.